The summed E-state index contributed by atoms with van der Waals surface area (Å²) in [6, 6.07) is 15.3. The number of benzene rings is 2. The summed E-state index contributed by atoms with van der Waals surface area (Å²) in [6.07, 6.45) is 1.32. The van der Waals surface area contributed by atoms with Gasteiger partial charge in [0.1, 0.15) is 0 Å². The highest BCUT2D eigenvalue weighted by atomic mass is 35.5. The first-order valence-corrected chi connectivity index (χ1v) is 9.74. The first-order chi connectivity index (χ1) is 13.4. The van der Waals surface area contributed by atoms with Crippen LogP contribution in [0.2, 0.25) is 0 Å². The van der Waals surface area contributed by atoms with Crippen molar-refractivity contribution in [1.82, 2.24) is 0 Å². The van der Waals surface area contributed by atoms with Crippen molar-refractivity contribution in [3.05, 3.63) is 54.1 Å². The zero-order valence-corrected chi connectivity index (χ0v) is 17.8. The fourth-order valence-electron chi connectivity index (χ4n) is 3.61. The molecule has 0 aromatic heterocycles. The van der Waals surface area contributed by atoms with Gasteiger partial charge in [-0.3, -0.25) is 9.59 Å². The molecular formula is C22H29ClN4O2. The number of nitrogens with one attached hydrogen (secondary N) is 2. The number of hydrogen-bond donors (Lipinski definition) is 3. The van der Waals surface area contributed by atoms with Gasteiger partial charge in [-0.15, -0.1) is 12.4 Å². The number of amides is 2. The van der Waals surface area contributed by atoms with Crippen LogP contribution in [0.5, 0.6) is 0 Å². The van der Waals surface area contributed by atoms with Crippen LogP contribution >= 0.6 is 12.4 Å². The number of nitrogens with two attached hydrogens (primary N) is 1. The van der Waals surface area contributed by atoms with Crippen molar-refractivity contribution in [1.29, 1.82) is 0 Å². The normalized spacial score (nSPS) is 18.8. The van der Waals surface area contributed by atoms with Gasteiger partial charge in [-0.1, -0.05) is 25.1 Å². The van der Waals surface area contributed by atoms with Crippen molar-refractivity contribution in [3.63, 3.8) is 0 Å². The van der Waals surface area contributed by atoms with Gasteiger partial charge < -0.3 is 21.3 Å². The highest BCUT2D eigenvalue weighted by molar-refractivity contribution is 5.95. The van der Waals surface area contributed by atoms with Crippen LogP contribution in [0.1, 0.15) is 45.2 Å². The number of rotatable bonds is 5. The molecule has 1 heterocycles. The quantitative estimate of drug-likeness (QED) is 0.685. The smallest absolute Gasteiger partial charge is 0.240 e. The molecule has 29 heavy (non-hydrogen) atoms. The Labute approximate surface area is 178 Å². The van der Waals surface area contributed by atoms with E-state index in [1.165, 1.54) is 0 Å². The van der Waals surface area contributed by atoms with Crippen LogP contribution in [0.25, 0.3) is 0 Å². The Morgan fingerprint density at radius 2 is 1.76 bits per heavy atom. The number of para-hydroxylation sites is 1. The minimum Gasteiger partial charge on any atom is -0.378 e. The van der Waals surface area contributed by atoms with E-state index in [0.717, 1.165) is 23.4 Å². The van der Waals surface area contributed by atoms with E-state index in [1.807, 2.05) is 54.3 Å². The second-order valence-electron chi connectivity index (χ2n) is 7.31. The molecule has 4 N–H and O–H groups in total. The molecule has 2 aromatic carbocycles. The van der Waals surface area contributed by atoms with Crippen LogP contribution in [0.4, 0.5) is 17.1 Å². The molecule has 0 saturated heterocycles. The number of halogens is 1. The SMILES string of the molecule is CCC(=O)N1c2ccccc2[C@H](Nc2ccc(NC(=O)[C@@H](C)N)cc2)C[C@@H]1C.Cl. The molecule has 3 atom stereocenters. The number of carbonyl (C=O) groups excluding carboxylic acids is 2. The molecule has 0 bridgehead atoms. The molecule has 156 valence electrons. The van der Waals surface area contributed by atoms with Gasteiger partial charge in [0.15, 0.2) is 0 Å². The van der Waals surface area contributed by atoms with Gasteiger partial charge in [-0.25, -0.2) is 0 Å². The lowest BCUT2D eigenvalue weighted by molar-refractivity contribution is -0.119. The van der Waals surface area contributed by atoms with E-state index in [1.54, 1.807) is 6.92 Å². The van der Waals surface area contributed by atoms with Gasteiger partial charge in [0, 0.05) is 29.5 Å². The van der Waals surface area contributed by atoms with Crippen LogP contribution in [-0.2, 0) is 9.59 Å². The third kappa shape index (κ3) is 5.08. The number of carbonyl (C=O) groups is 2. The molecule has 0 spiro atoms. The monoisotopic (exact) mass is 416 g/mol. The Morgan fingerprint density at radius 3 is 2.38 bits per heavy atom. The lowest BCUT2D eigenvalue weighted by Gasteiger charge is -2.40. The number of nitrogens with zero attached hydrogens (tertiary/aromatic N) is 1. The van der Waals surface area contributed by atoms with E-state index in [0.29, 0.717) is 12.1 Å². The number of fused-ring (bicyclic) bond motifs is 1. The summed E-state index contributed by atoms with van der Waals surface area (Å²) in [5, 5.41) is 6.36. The third-order valence-corrected chi connectivity index (χ3v) is 5.07. The van der Waals surface area contributed by atoms with Crippen molar-refractivity contribution < 1.29 is 9.59 Å². The first kappa shape index (κ1) is 22.7. The van der Waals surface area contributed by atoms with Gasteiger partial charge in [-0.2, -0.15) is 0 Å². The minimum absolute atomic E-state index is 0. The summed E-state index contributed by atoms with van der Waals surface area (Å²) in [5.74, 6) is -0.0657. The van der Waals surface area contributed by atoms with Gasteiger partial charge >= 0.3 is 0 Å². The maximum atomic E-state index is 12.4. The van der Waals surface area contributed by atoms with Crippen molar-refractivity contribution in [3.8, 4) is 0 Å². The van der Waals surface area contributed by atoms with Crippen molar-refractivity contribution in [2.45, 2.75) is 51.7 Å². The fourth-order valence-corrected chi connectivity index (χ4v) is 3.61. The zero-order valence-electron chi connectivity index (χ0n) is 17.0. The number of hydrogen-bond acceptors (Lipinski definition) is 4. The summed E-state index contributed by atoms with van der Waals surface area (Å²) in [6.45, 7) is 5.64. The third-order valence-electron chi connectivity index (χ3n) is 5.07. The summed E-state index contributed by atoms with van der Waals surface area (Å²) in [5.41, 5.74) is 9.36. The van der Waals surface area contributed by atoms with Crippen LogP contribution in [0.15, 0.2) is 48.5 Å². The molecule has 3 rings (SSSR count). The predicted molar refractivity (Wildman–Crippen MR) is 121 cm³/mol. The Hall–Kier alpha value is -2.57. The molecule has 1 aliphatic rings. The van der Waals surface area contributed by atoms with Gasteiger partial charge in [0.25, 0.3) is 0 Å². The summed E-state index contributed by atoms with van der Waals surface area (Å²) < 4.78 is 0. The minimum atomic E-state index is -0.549. The average Bonchev–Trinajstić information content (AvgIpc) is 2.69. The largest absolute Gasteiger partial charge is 0.378 e. The standard InChI is InChI=1S/C22H28N4O2.ClH/c1-4-21(27)26-14(2)13-19(18-7-5-6-8-20(18)26)24-16-9-11-17(12-10-16)25-22(28)15(3)23;/h5-12,14-15,19,24H,4,13,23H2,1-3H3,(H,25,28);1H/t14-,15+,19+;/m0./s1. The van der Waals surface area contributed by atoms with Crippen LogP contribution in [0, 0.1) is 0 Å². The molecule has 6 nitrogen and oxygen atoms in total. The van der Waals surface area contributed by atoms with Crippen molar-refractivity contribution >= 4 is 41.3 Å². The van der Waals surface area contributed by atoms with E-state index in [4.69, 9.17) is 5.73 Å². The fraction of sp³-hybridized carbons (Fsp3) is 0.364. The van der Waals surface area contributed by atoms with Crippen LogP contribution < -0.4 is 21.3 Å². The van der Waals surface area contributed by atoms with Crippen molar-refractivity contribution in [2.24, 2.45) is 5.73 Å². The first-order valence-electron chi connectivity index (χ1n) is 9.74. The molecule has 2 amide bonds. The Kier molecular flexibility index (Phi) is 7.65. The molecule has 1 aliphatic heterocycles. The molecule has 0 radical (unpaired) electrons. The second-order valence-corrected chi connectivity index (χ2v) is 7.31. The van der Waals surface area contributed by atoms with Crippen LogP contribution in [0.3, 0.4) is 0 Å². The molecule has 7 heteroatoms. The van der Waals surface area contributed by atoms with Gasteiger partial charge in [0.05, 0.1) is 12.1 Å². The lowest BCUT2D eigenvalue weighted by Crippen LogP contribution is -2.44. The molecule has 0 saturated carbocycles. The van der Waals surface area contributed by atoms with E-state index >= 15 is 0 Å². The van der Waals surface area contributed by atoms with Crippen molar-refractivity contribution in [2.75, 3.05) is 15.5 Å². The van der Waals surface area contributed by atoms with Gasteiger partial charge in [-0.05, 0) is 56.2 Å². The van der Waals surface area contributed by atoms with E-state index in [9.17, 15) is 9.59 Å². The van der Waals surface area contributed by atoms with E-state index in [2.05, 4.69) is 23.6 Å². The average molecular weight is 417 g/mol. The lowest BCUT2D eigenvalue weighted by atomic mass is 9.91. The Bertz CT molecular complexity index is 854. The molecular weight excluding hydrogens is 388 g/mol. The molecule has 0 aliphatic carbocycles. The summed E-state index contributed by atoms with van der Waals surface area (Å²) in [7, 11) is 0. The zero-order chi connectivity index (χ0) is 20.3. The summed E-state index contributed by atoms with van der Waals surface area (Å²) in [4.78, 5) is 26.1. The second kappa shape index (κ2) is 9.76. The Balaban J connectivity index is 0.00000300. The Morgan fingerprint density at radius 1 is 1.14 bits per heavy atom. The molecule has 0 unspecified atom stereocenters. The predicted octanol–water partition coefficient (Wildman–Crippen LogP) is 4.08. The summed E-state index contributed by atoms with van der Waals surface area (Å²) >= 11 is 0. The number of anilines is 3. The topological polar surface area (TPSA) is 87.5 Å². The maximum absolute atomic E-state index is 12.4. The maximum Gasteiger partial charge on any atom is 0.240 e. The highest BCUT2D eigenvalue weighted by Crippen LogP contribution is 2.39. The van der Waals surface area contributed by atoms with E-state index < -0.39 is 6.04 Å². The highest BCUT2D eigenvalue weighted by Gasteiger charge is 2.32. The molecule has 0 fully saturated rings. The van der Waals surface area contributed by atoms with Crippen LogP contribution in [-0.4, -0.2) is 23.9 Å². The molecule has 2 aromatic rings. The van der Waals surface area contributed by atoms with E-state index in [-0.39, 0.29) is 36.3 Å². The van der Waals surface area contributed by atoms with Gasteiger partial charge in [0.2, 0.25) is 11.8 Å².